The molecule has 2 fully saturated rings. The molecule has 8 heteroatoms. The Morgan fingerprint density at radius 2 is 1.63 bits per heavy atom. The average Bonchev–Trinajstić information content (AvgIpc) is 3.51. The molecule has 1 aromatic carbocycles. The summed E-state index contributed by atoms with van der Waals surface area (Å²) in [6.07, 6.45) is 5.51. The molecule has 2 amide bonds. The first-order chi connectivity index (χ1) is 16.9. The van der Waals surface area contributed by atoms with E-state index in [1.807, 2.05) is 52.6 Å². The van der Waals surface area contributed by atoms with Crippen LogP contribution < -0.4 is 0 Å². The van der Waals surface area contributed by atoms with Crippen molar-refractivity contribution >= 4 is 17.8 Å². The van der Waals surface area contributed by atoms with Crippen LogP contribution in [0.5, 0.6) is 0 Å². The van der Waals surface area contributed by atoms with Gasteiger partial charge in [-0.2, -0.15) is 5.10 Å². The predicted molar refractivity (Wildman–Crippen MR) is 132 cm³/mol. The number of methoxy groups -OCH3 is 1. The summed E-state index contributed by atoms with van der Waals surface area (Å²) in [6.45, 7) is 7.12. The lowest BCUT2D eigenvalue weighted by Gasteiger charge is -2.32. The van der Waals surface area contributed by atoms with E-state index in [1.165, 1.54) is 7.11 Å². The van der Waals surface area contributed by atoms with Gasteiger partial charge in [-0.3, -0.25) is 14.4 Å². The van der Waals surface area contributed by atoms with Gasteiger partial charge in [-0.05, 0) is 81.7 Å². The largest absolute Gasteiger partial charge is 0.469 e. The Hall–Kier alpha value is -3.16. The number of ether oxygens (including phenoxy) is 1. The third kappa shape index (κ3) is 5.74. The van der Waals surface area contributed by atoms with Crippen molar-refractivity contribution in [2.75, 3.05) is 33.3 Å². The molecule has 8 nitrogen and oxygen atoms in total. The second-order valence-electron chi connectivity index (χ2n) is 9.71. The van der Waals surface area contributed by atoms with Crippen LogP contribution in [0, 0.1) is 19.8 Å². The van der Waals surface area contributed by atoms with Crippen LogP contribution in [0.2, 0.25) is 0 Å². The minimum atomic E-state index is -0.235. The van der Waals surface area contributed by atoms with Crippen LogP contribution in [0.25, 0.3) is 5.69 Å². The maximum Gasteiger partial charge on any atom is 0.305 e. The molecule has 1 aromatic heterocycles. The second-order valence-corrected chi connectivity index (χ2v) is 9.71. The molecule has 4 rings (SSSR count). The zero-order valence-electron chi connectivity index (χ0n) is 21.1. The van der Waals surface area contributed by atoms with Crippen LogP contribution >= 0.6 is 0 Å². The van der Waals surface area contributed by atoms with Crippen molar-refractivity contribution in [3.63, 3.8) is 0 Å². The number of hydrogen-bond donors (Lipinski definition) is 0. The van der Waals surface area contributed by atoms with E-state index in [9.17, 15) is 14.4 Å². The number of aryl methyl sites for hydroxylation is 1. The molecule has 0 N–H and O–H groups in total. The van der Waals surface area contributed by atoms with Gasteiger partial charge in [0, 0.05) is 50.3 Å². The molecule has 0 atom stereocenters. The summed E-state index contributed by atoms with van der Waals surface area (Å²) in [5.41, 5.74) is 4.45. The van der Waals surface area contributed by atoms with Crippen molar-refractivity contribution in [1.82, 2.24) is 19.6 Å². The number of rotatable bonds is 7. The fourth-order valence-corrected chi connectivity index (χ4v) is 5.23. The van der Waals surface area contributed by atoms with E-state index in [-0.39, 0.29) is 17.8 Å². The Kier molecular flexibility index (Phi) is 7.88. The van der Waals surface area contributed by atoms with Crippen LogP contribution in [0.15, 0.2) is 24.3 Å². The van der Waals surface area contributed by atoms with Crippen molar-refractivity contribution in [1.29, 1.82) is 0 Å². The van der Waals surface area contributed by atoms with Crippen LogP contribution in [-0.2, 0) is 20.7 Å². The number of esters is 1. The van der Waals surface area contributed by atoms with E-state index in [0.717, 1.165) is 61.4 Å². The standard InChI is InChI=1S/C27H36N4O4/c1-19-24(10-11-26(33)35-3)20(2)31(28-19)23-8-6-22(7-9-23)27(34)30-16-12-21(13-17-30)18-25(32)29-14-4-5-15-29/h6-9,21H,4-5,10-18H2,1-3H3. The average molecular weight is 481 g/mol. The van der Waals surface area contributed by atoms with E-state index >= 15 is 0 Å². The van der Waals surface area contributed by atoms with Crippen molar-refractivity contribution in [3.8, 4) is 5.69 Å². The van der Waals surface area contributed by atoms with Gasteiger partial charge in [-0.1, -0.05) is 0 Å². The molecule has 2 saturated heterocycles. The van der Waals surface area contributed by atoms with E-state index in [1.54, 1.807) is 0 Å². The third-order valence-electron chi connectivity index (χ3n) is 7.43. The highest BCUT2D eigenvalue weighted by atomic mass is 16.5. The van der Waals surface area contributed by atoms with Crippen molar-refractivity contribution in [3.05, 3.63) is 46.8 Å². The number of amides is 2. The molecule has 0 radical (unpaired) electrons. The molecule has 0 unspecified atom stereocenters. The van der Waals surface area contributed by atoms with Gasteiger partial charge in [0.25, 0.3) is 5.91 Å². The zero-order chi connectivity index (χ0) is 24.9. The highest BCUT2D eigenvalue weighted by Crippen LogP contribution is 2.25. The molecular weight excluding hydrogens is 444 g/mol. The molecule has 3 heterocycles. The van der Waals surface area contributed by atoms with Crippen LogP contribution in [0.1, 0.15) is 65.8 Å². The summed E-state index contributed by atoms with van der Waals surface area (Å²) in [7, 11) is 1.40. The van der Waals surface area contributed by atoms with Crippen molar-refractivity contribution in [2.45, 2.75) is 58.8 Å². The Morgan fingerprint density at radius 3 is 2.26 bits per heavy atom. The number of carbonyl (C=O) groups excluding carboxylic acids is 3. The highest BCUT2D eigenvalue weighted by molar-refractivity contribution is 5.94. The maximum absolute atomic E-state index is 13.1. The fraction of sp³-hybridized carbons (Fsp3) is 0.556. The summed E-state index contributed by atoms with van der Waals surface area (Å²) in [6, 6.07) is 7.53. The maximum atomic E-state index is 13.1. The lowest BCUT2D eigenvalue weighted by atomic mass is 9.92. The summed E-state index contributed by atoms with van der Waals surface area (Å²) in [5, 5.41) is 4.65. The first-order valence-corrected chi connectivity index (χ1v) is 12.7. The molecule has 0 bridgehead atoms. The molecule has 0 saturated carbocycles. The van der Waals surface area contributed by atoms with Gasteiger partial charge >= 0.3 is 5.97 Å². The lowest BCUT2D eigenvalue weighted by Crippen LogP contribution is -2.40. The number of carbonyl (C=O) groups is 3. The highest BCUT2D eigenvalue weighted by Gasteiger charge is 2.27. The second kappa shape index (κ2) is 11.1. The third-order valence-corrected chi connectivity index (χ3v) is 7.43. The van der Waals surface area contributed by atoms with Crippen LogP contribution in [0.4, 0.5) is 0 Å². The Bertz CT molecular complexity index is 1060. The van der Waals surface area contributed by atoms with Gasteiger partial charge in [0.05, 0.1) is 18.5 Å². The van der Waals surface area contributed by atoms with Crippen LogP contribution in [-0.4, -0.2) is 70.7 Å². The topological polar surface area (TPSA) is 84.7 Å². The summed E-state index contributed by atoms with van der Waals surface area (Å²) < 4.78 is 6.61. The number of piperidine rings is 1. The van der Waals surface area contributed by atoms with Crippen molar-refractivity contribution in [2.24, 2.45) is 5.92 Å². The molecular formula is C27H36N4O4. The summed E-state index contributed by atoms with van der Waals surface area (Å²) in [4.78, 5) is 40.9. The van der Waals surface area contributed by atoms with Gasteiger partial charge < -0.3 is 14.5 Å². The molecule has 0 aliphatic carbocycles. The van der Waals surface area contributed by atoms with Gasteiger partial charge in [-0.15, -0.1) is 0 Å². The molecule has 35 heavy (non-hydrogen) atoms. The number of benzene rings is 1. The number of aromatic nitrogens is 2. The fourth-order valence-electron chi connectivity index (χ4n) is 5.23. The van der Waals surface area contributed by atoms with Gasteiger partial charge in [0.15, 0.2) is 0 Å². The molecule has 188 valence electrons. The Labute approximate surface area is 207 Å². The molecule has 0 spiro atoms. The smallest absolute Gasteiger partial charge is 0.305 e. The minimum absolute atomic E-state index is 0.0352. The summed E-state index contributed by atoms with van der Waals surface area (Å²) in [5.74, 6) is 0.448. The Morgan fingerprint density at radius 1 is 0.971 bits per heavy atom. The first-order valence-electron chi connectivity index (χ1n) is 12.7. The van der Waals surface area contributed by atoms with Crippen LogP contribution in [0.3, 0.4) is 0 Å². The zero-order valence-corrected chi connectivity index (χ0v) is 21.1. The van der Waals surface area contributed by atoms with E-state index in [2.05, 4.69) is 5.10 Å². The monoisotopic (exact) mass is 480 g/mol. The van der Waals surface area contributed by atoms with Gasteiger partial charge in [-0.25, -0.2) is 4.68 Å². The van der Waals surface area contributed by atoms with E-state index in [4.69, 9.17) is 4.74 Å². The Balaban J connectivity index is 1.34. The van der Waals surface area contributed by atoms with Gasteiger partial charge in [0.1, 0.15) is 0 Å². The molecule has 2 aromatic rings. The lowest BCUT2D eigenvalue weighted by molar-refractivity contribution is -0.140. The molecule has 2 aliphatic heterocycles. The number of likely N-dealkylation sites (tertiary alicyclic amines) is 2. The normalized spacial score (nSPS) is 16.5. The van der Waals surface area contributed by atoms with E-state index in [0.29, 0.717) is 43.8 Å². The SMILES string of the molecule is COC(=O)CCc1c(C)nn(-c2ccc(C(=O)N3CCC(CC(=O)N4CCCC4)CC3)cc2)c1C. The minimum Gasteiger partial charge on any atom is -0.469 e. The summed E-state index contributed by atoms with van der Waals surface area (Å²) >= 11 is 0. The quantitative estimate of drug-likeness (QED) is 0.567. The van der Waals surface area contributed by atoms with Gasteiger partial charge in [0.2, 0.25) is 5.91 Å². The molecule has 2 aliphatic rings. The van der Waals surface area contributed by atoms with E-state index < -0.39 is 0 Å². The first kappa shape index (κ1) is 24.9. The predicted octanol–water partition coefficient (Wildman–Crippen LogP) is 3.46. The van der Waals surface area contributed by atoms with Crippen molar-refractivity contribution < 1.29 is 19.1 Å². The number of nitrogens with zero attached hydrogens (tertiary/aromatic N) is 4. The number of hydrogen-bond acceptors (Lipinski definition) is 5.